The van der Waals surface area contributed by atoms with Crippen molar-refractivity contribution in [3.8, 4) is 0 Å². The van der Waals surface area contributed by atoms with Crippen molar-refractivity contribution in [2.75, 3.05) is 13.2 Å². The SMILES string of the molecule is CCC/C=C/C/C=C/C/C=C/C/C=C/CCCCCC(=O)OC[C@H](COP(=O)(O)O)OC(=O)CCCCCCCCCCC/C=C/CCCCCC. The Labute approximate surface area is 317 Å². The van der Waals surface area contributed by atoms with Crippen LogP contribution in [0.25, 0.3) is 0 Å². The molecule has 0 aliphatic heterocycles. The van der Waals surface area contributed by atoms with E-state index in [-0.39, 0.29) is 19.4 Å². The Bertz CT molecular complexity index is 1030. The lowest BCUT2D eigenvalue weighted by atomic mass is 10.1. The number of esters is 2. The summed E-state index contributed by atoms with van der Waals surface area (Å²) in [7, 11) is -4.76. The summed E-state index contributed by atoms with van der Waals surface area (Å²) in [6.07, 6.45) is 47.9. The van der Waals surface area contributed by atoms with Crippen LogP contribution in [0.3, 0.4) is 0 Å². The minimum Gasteiger partial charge on any atom is -0.462 e. The summed E-state index contributed by atoms with van der Waals surface area (Å²) in [4.78, 5) is 42.8. The summed E-state index contributed by atoms with van der Waals surface area (Å²) in [6.45, 7) is 3.57. The zero-order valence-electron chi connectivity index (χ0n) is 32.9. The Hall–Kier alpha value is -2.25. The maximum atomic E-state index is 12.4. The molecule has 1 atom stereocenters. The van der Waals surface area contributed by atoms with E-state index < -0.39 is 32.5 Å². The van der Waals surface area contributed by atoms with E-state index in [0.717, 1.165) is 64.2 Å². The molecule has 2 N–H and O–H groups in total. The summed E-state index contributed by atoms with van der Waals surface area (Å²) < 4.78 is 26.4. The lowest BCUT2D eigenvalue weighted by Gasteiger charge is -2.18. The largest absolute Gasteiger partial charge is 0.469 e. The molecule has 52 heavy (non-hydrogen) atoms. The van der Waals surface area contributed by atoms with Gasteiger partial charge in [-0.15, -0.1) is 0 Å². The average Bonchev–Trinajstić information content (AvgIpc) is 3.11. The van der Waals surface area contributed by atoms with Crippen LogP contribution >= 0.6 is 7.82 Å². The quantitative estimate of drug-likeness (QED) is 0.0279. The van der Waals surface area contributed by atoms with E-state index in [2.05, 4.69) is 79.1 Å². The van der Waals surface area contributed by atoms with Crippen LogP contribution in [0.5, 0.6) is 0 Å². The van der Waals surface area contributed by atoms with Gasteiger partial charge < -0.3 is 19.3 Å². The van der Waals surface area contributed by atoms with E-state index in [4.69, 9.17) is 19.3 Å². The molecule has 0 heterocycles. The molecule has 9 heteroatoms. The molecule has 0 bridgehead atoms. The van der Waals surface area contributed by atoms with Crippen molar-refractivity contribution in [1.29, 1.82) is 0 Å². The third kappa shape index (κ3) is 40.5. The number of hydrogen-bond acceptors (Lipinski definition) is 6. The van der Waals surface area contributed by atoms with Gasteiger partial charge in [-0.05, 0) is 77.0 Å². The van der Waals surface area contributed by atoms with Crippen LogP contribution in [0.2, 0.25) is 0 Å². The third-order valence-corrected chi connectivity index (χ3v) is 8.98. The topological polar surface area (TPSA) is 119 Å². The molecule has 0 aliphatic rings. The standard InChI is InChI=1S/C43H75O8P/c1-3-5-7-9-11-13-15-17-19-21-23-25-27-29-31-33-35-37-42(44)49-39-41(40-50-52(46,47)48)51-43(45)38-36-34-32-30-28-26-24-22-20-18-16-14-12-10-8-6-4-2/h7,9,13-16,19,21,25,27,41H,3-6,8,10-12,17-18,20,22-24,26,28-40H2,1-2H3,(H2,46,47,48)/b9-7+,15-13+,16-14+,21-19+,27-25+/t41-/m1/s1. The van der Waals surface area contributed by atoms with Gasteiger partial charge in [0.1, 0.15) is 6.61 Å². The number of rotatable bonds is 37. The van der Waals surface area contributed by atoms with E-state index in [1.807, 2.05) is 0 Å². The number of phosphoric ester groups is 1. The van der Waals surface area contributed by atoms with Crippen molar-refractivity contribution >= 4 is 19.8 Å². The fourth-order valence-electron chi connectivity index (χ4n) is 5.42. The number of unbranched alkanes of at least 4 members (excludes halogenated alkanes) is 17. The van der Waals surface area contributed by atoms with Crippen molar-refractivity contribution in [2.24, 2.45) is 0 Å². The van der Waals surface area contributed by atoms with Crippen molar-refractivity contribution < 1.29 is 37.9 Å². The first kappa shape index (κ1) is 49.8. The lowest BCUT2D eigenvalue weighted by Crippen LogP contribution is -2.29. The molecular weight excluding hydrogens is 675 g/mol. The number of allylic oxidation sites excluding steroid dienone is 10. The van der Waals surface area contributed by atoms with Gasteiger partial charge in [0.2, 0.25) is 0 Å². The molecule has 0 rings (SSSR count). The lowest BCUT2D eigenvalue weighted by molar-refractivity contribution is -0.161. The van der Waals surface area contributed by atoms with Crippen LogP contribution in [0.4, 0.5) is 0 Å². The van der Waals surface area contributed by atoms with Crippen LogP contribution in [-0.2, 0) is 28.2 Å². The molecule has 0 radical (unpaired) electrons. The van der Waals surface area contributed by atoms with Gasteiger partial charge in [-0.25, -0.2) is 4.57 Å². The number of carbonyl (C=O) groups excluding carboxylic acids is 2. The first-order valence-electron chi connectivity index (χ1n) is 20.6. The molecular formula is C43H75O8P. The first-order chi connectivity index (χ1) is 25.3. The number of ether oxygens (including phenoxy) is 2. The second kappa shape index (κ2) is 38.5. The molecule has 0 fully saturated rings. The number of carbonyl (C=O) groups is 2. The minimum absolute atomic E-state index is 0.200. The summed E-state index contributed by atoms with van der Waals surface area (Å²) in [5, 5.41) is 0. The highest BCUT2D eigenvalue weighted by Crippen LogP contribution is 2.36. The van der Waals surface area contributed by atoms with Gasteiger partial charge in [-0.2, -0.15) is 0 Å². The predicted molar refractivity (Wildman–Crippen MR) is 216 cm³/mol. The van der Waals surface area contributed by atoms with Gasteiger partial charge in [0.25, 0.3) is 0 Å². The van der Waals surface area contributed by atoms with Gasteiger partial charge in [0.05, 0.1) is 6.61 Å². The summed E-state index contributed by atoms with van der Waals surface area (Å²) in [5.74, 6) is -0.925. The van der Waals surface area contributed by atoms with E-state index in [1.165, 1.54) is 77.0 Å². The Morgan fingerprint density at radius 2 is 0.904 bits per heavy atom. The molecule has 0 unspecified atom stereocenters. The molecule has 0 saturated carbocycles. The Morgan fingerprint density at radius 3 is 1.40 bits per heavy atom. The van der Waals surface area contributed by atoms with Gasteiger partial charge in [-0.1, -0.05) is 152 Å². The molecule has 0 aromatic rings. The number of hydrogen-bond donors (Lipinski definition) is 2. The first-order valence-corrected chi connectivity index (χ1v) is 22.1. The van der Waals surface area contributed by atoms with Crippen LogP contribution in [0, 0.1) is 0 Å². The van der Waals surface area contributed by atoms with Crippen molar-refractivity contribution in [2.45, 2.75) is 187 Å². The third-order valence-electron chi connectivity index (χ3n) is 8.49. The van der Waals surface area contributed by atoms with Crippen molar-refractivity contribution in [1.82, 2.24) is 0 Å². The van der Waals surface area contributed by atoms with Gasteiger partial charge >= 0.3 is 19.8 Å². The van der Waals surface area contributed by atoms with Crippen molar-refractivity contribution in [3.05, 3.63) is 60.8 Å². The van der Waals surface area contributed by atoms with Gasteiger partial charge in [0, 0.05) is 12.8 Å². The highest BCUT2D eigenvalue weighted by atomic mass is 31.2. The van der Waals surface area contributed by atoms with Crippen LogP contribution in [0.1, 0.15) is 181 Å². The van der Waals surface area contributed by atoms with Gasteiger partial charge in [0.15, 0.2) is 6.10 Å². The van der Waals surface area contributed by atoms with E-state index in [1.54, 1.807) is 0 Å². The Morgan fingerprint density at radius 1 is 0.500 bits per heavy atom. The van der Waals surface area contributed by atoms with Crippen LogP contribution in [0.15, 0.2) is 60.8 Å². The Balaban J connectivity index is 3.99. The second-order valence-electron chi connectivity index (χ2n) is 13.6. The fourth-order valence-corrected chi connectivity index (χ4v) is 5.78. The predicted octanol–water partition coefficient (Wildman–Crippen LogP) is 12.5. The molecule has 0 spiro atoms. The highest BCUT2D eigenvalue weighted by Gasteiger charge is 2.22. The summed E-state index contributed by atoms with van der Waals surface area (Å²) in [5.41, 5.74) is 0. The maximum Gasteiger partial charge on any atom is 0.469 e. The van der Waals surface area contributed by atoms with E-state index in [0.29, 0.717) is 12.8 Å². The smallest absolute Gasteiger partial charge is 0.462 e. The van der Waals surface area contributed by atoms with Gasteiger partial charge in [-0.3, -0.25) is 14.1 Å². The molecule has 300 valence electrons. The molecule has 0 aromatic heterocycles. The molecule has 0 amide bonds. The fraction of sp³-hybridized carbons (Fsp3) is 0.721. The van der Waals surface area contributed by atoms with Crippen LogP contribution in [-0.4, -0.2) is 41.0 Å². The van der Waals surface area contributed by atoms with Crippen molar-refractivity contribution in [3.63, 3.8) is 0 Å². The zero-order chi connectivity index (χ0) is 38.2. The maximum absolute atomic E-state index is 12.4. The Kier molecular flexibility index (Phi) is 36.8. The van der Waals surface area contributed by atoms with E-state index in [9.17, 15) is 14.2 Å². The highest BCUT2D eigenvalue weighted by molar-refractivity contribution is 7.46. The molecule has 8 nitrogen and oxygen atoms in total. The normalized spacial score (nSPS) is 13.1. The van der Waals surface area contributed by atoms with E-state index >= 15 is 0 Å². The molecule has 0 saturated heterocycles. The second-order valence-corrected chi connectivity index (χ2v) is 14.8. The zero-order valence-corrected chi connectivity index (χ0v) is 33.8. The number of phosphoric acid groups is 1. The monoisotopic (exact) mass is 751 g/mol. The summed E-state index contributed by atoms with van der Waals surface area (Å²) >= 11 is 0. The van der Waals surface area contributed by atoms with Crippen LogP contribution < -0.4 is 0 Å². The molecule has 0 aliphatic carbocycles. The minimum atomic E-state index is -4.76. The summed E-state index contributed by atoms with van der Waals surface area (Å²) in [6, 6.07) is 0. The average molecular weight is 751 g/mol. The molecule has 0 aromatic carbocycles.